The van der Waals surface area contributed by atoms with Crippen LogP contribution in [0.2, 0.25) is 0 Å². The fourth-order valence-corrected chi connectivity index (χ4v) is 3.33. The monoisotopic (exact) mass is 273 g/mol. The Kier molecular flexibility index (Phi) is 2.94. The molecule has 20 heavy (non-hydrogen) atoms. The molecule has 0 saturated carbocycles. The van der Waals surface area contributed by atoms with E-state index in [1.54, 1.807) is 0 Å². The van der Waals surface area contributed by atoms with Gasteiger partial charge in [0, 0.05) is 0 Å². The Labute approximate surface area is 120 Å². The first-order chi connectivity index (χ1) is 9.35. The van der Waals surface area contributed by atoms with E-state index in [9.17, 15) is 5.21 Å². The third-order valence-corrected chi connectivity index (χ3v) is 4.57. The molecule has 0 amide bonds. The molecule has 1 aromatic rings. The van der Waals surface area contributed by atoms with Crippen LogP contribution in [0.25, 0.3) is 0 Å². The minimum atomic E-state index is -0.485. The van der Waals surface area contributed by atoms with Crippen LogP contribution in [0.1, 0.15) is 27.7 Å². The number of para-hydroxylation sites is 1. The summed E-state index contributed by atoms with van der Waals surface area (Å²) in [6, 6.07) is 10.0. The molecule has 0 spiro atoms. The molecule has 4 heteroatoms. The number of rotatable bonds is 1. The minimum Gasteiger partial charge on any atom is -0.269 e. The van der Waals surface area contributed by atoms with Crippen LogP contribution in [0, 0.1) is 0 Å². The number of hydrogen-bond acceptors (Lipinski definition) is 3. The Hall–Kier alpha value is -1.36. The van der Waals surface area contributed by atoms with Gasteiger partial charge in [0.15, 0.2) is 0 Å². The maximum atomic E-state index is 12.6. The van der Waals surface area contributed by atoms with E-state index in [2.05, 4.69) is 0 Å². The van der Waals surface area contributed by atoms with Crippen LogP contribution < -0.4 is 5.06 Å². The molecule has 0 atom stereocenters. The highest BCUT2D eigenvalue weighted by molar-refractivity contribution is 5.50. The molecular weight excluding hydrogens is 252 g/mol. The number of benzene rings is 1. The van der Waals surface area contributed by atoms with Gasteiger partial charge in [0.25, 0.3) is 0 Å². The van der Waals surface area contributed by atoms with Gasteiger partial charge in [0.2, 0.25) is 0 Å². The minimum absolute atomic E-state index is 0.477. The van der Waals surface area contributed by atoms with Crippen molar-refractivity contribution in [3.63, 3.8) is 0 Å². The van der Waals surface area contributed by atoms with Gasteiger partial charge in [-0.25, -0.2) is 5.06 Å². The van der Waals surface area contributed by atoms with Gasteiger partial charge in [0.05, 0.1) is 29.9 Å². The van der Waals surface area contributed by atoms with Crippen LogP contribution in [0.4, 0.5) is 5.69 Å². The third-order valence-electron chi connectivity index (χ3n) is 4.57. The first-order valence-electron chi connectivity index (χ1n) is 7.01. The molecule has 0 N–H and O–H groups in total. The van der Waals surface area contributed by atoms with Gasteiger partial charge in [-0.1, -0.05) is 18.2 Å². The van der Waals surface area contributed by atoms with Gasteiger partial charge in [-0.2, -0.15) is 0 Å². The molecule has 0 unspecified atom stereocenters. The van der Waals surface area contributed by atoms with Gasteiger partial charge in [0.1, 0.15) is 0 Å². The molecular formula is C16H21N2O2. The molecule has 0 bridgehead atoms. The second kappa shape index (κ2) is 4.32. The van der Waals surface area contributed by atoms with E-state index in [0.29, 0.717) is 13.2 Å². The molecule has 0 saturated heterocycles. The summed E-state index contributed by atoms with van der Waals surface area (Å²) in [5.41, 5.74) is 2.38. The standard InChI is InChI=1S/C16H21N2O2/c1-15(2)13-10-17(12-8-6-5-7-9-12)20-11-14(13)16(3,4)18(15)19/h5-9H,10-11H2,1-4H3. The van der Waals surface area contributed by atoms with E-state index in [0.717, 1.165) is 11.3 Å². The molecule has 107 valence electrons. The van der Waals surface area contributed by atoms with Crippen LogP contribution in [0.3, 0.4) is 0 Å². The van der Waals surface area contributed by atoms with Gasteiger partial charge in [-0.05, 0) is 51.0 Å². The van der Waals surface area contributed by atoms with Crippen molar-refractivity contribution < 1.29 is 10.0 Å². The number of nitrogens with zero attached hydrogens (tertiary/aromatic N) is 2. The molecule has 1 aromatic carbocycles. The molecule has 0 aliphatic carbocycles. The normalized spacial score (nSPS) is 24.9. The van der Waals surface area contributed by atoms with Crippen molar-refractivity contribution in [3.8, 4) is 0 Å². The molecule has 2 aliphatic heterocycles. The first kappa shape index (κ1) is 13.6. The molecule has 4 nitrogen and oxygen atoms in total. The fourth-order valence-electron chi connectivity index (χ4n) is 3.33. The molecule has 3 rings (SSSR count). The van der Waals surface area contributed by atoms with Crippen LogP contribution in [0.15, 0.2) is 41.5 Å². The third kappa shape index (κ3) is 1.79. The molecule has 2 heterocycles. The zero-order valence-corrected chi connectivity index (χ0v) is 12.5. The highest BCUT2D eigenvalue weighted by Gasteiger charge is 2.53. The van der Waals surface area contributed by atoms with E-state index in [1.807, 2.05) is 63.1 Å². The predicted molar refractivity (Wildman–Crippen MR) is 77.4 cm³/mol. The largest absolute Gasteiger partial charge is 0.269 e. The summed E-state index contributed by atoms with van der Waals surface area (Å²) < 4.78 is 0. The van der Waals surface area contributed by atoms with E-state index in [-0.39, 0.29) is 0 Å². The van der Waals surface area contributed by atoms with Crippen molar-refractivity contribution >= 4 is 5.69 Å². The molecule has 2 aliphatic rings. The van der Waals surface area contributed by atoms with E-state index >= 15 is 0 Å². The van der Waals surface area contributed by atoms with Crippen LogP contribution in [-0.4, -0.2) is 29.3 Å². The summed E-state index contributed by atoms with van der Waals surface area (Å²) in [6.07, 6.45) is 0. The molecule has 0 aromatic heterocycles. The van der Waals surface area contributed by atoms with Crippen molar-refractivity contribution in [3.05, 3.63) is 41.5 Å². The lowest BCUT2D eigenvalue weighted by Crippen LogP contribution is -2.48. The van der Waals surface area contributed by atoms with Crippen molar-refractivity contribution in [2.45, 2.75) is 38.8 Å². The van der Waals surface area contributed by atoms with Crippen molar-refractivity contribution in [2.75, 3.05) is 18.2 Å². The summed E-state index contributed by atoms with van der Waals surface area (Å²) in [4.78, 5) is 5.87. The zero-order valence-electron chi connectivity index (χ0n) is 12.5. The summed E-state index contributed by atoms with van der Waals surface area (Å²) >= 11 is 0. The van der Waals surface area contributed by atoms with E-state index in [4.69, 9.17) is 4.84 Å². The van der Waals surface area contributed by atoms with Crippen molar-refractivity contribution in [1.29, 1.82) is 0 Å². The maximum absolute atomic E-state index is 12.6. The summed E-state index contributed by atoms with van der Waals surface area (Å²) in [5, 5.41) is 15.7. The Morgan fingerprint density at radius 2 is 1.60 bits per heavy atom. The van der Waals surface area contributed by atoms with Crippen LogP contribution >= 0.6 is 0 Å². The van der Waals surface area contributed by atoms with Crippen LogP contribution in [0.5, 0.6) is 0 Å². The number of anilines is 1. The second-order valence-electron chi connectivity index (χ2n) is 6.52. The second-order valence-corrected chi connectivity index (χ2v) is 6.52. The lowest BCUT2D eigenvalue weighted by Gasteiger charge is -2.34. The Morgan fingerprint density at radius 3 is 2.25 bits per heavy atom. The first-order valence-corrected chi connectivity index (χ1v) is 7.01. The van der Waals surface area contributed by atoms with Gasteiger partial charge in [-0.3, -0.25) is 4.84 Å². The number of hydroxylamine groups is 3. The van der Waals surface area contributed by atoms with Crippen molar-refractivity contribution in [2.24, 2.45) is 0 Å². The quantitative estimate of drug-likeness (QED) is 0.738. The Balaban J connectivity index is 1.96. The van der Waals surface area contributed by atoms with Crippen LogP contribution in [-0.2, 0) is 10.0 Å². The highest BCUT2D eigenvalue weighted by atomic mass is 16.7. The zero-order chi connectivity index (χ0) is 14.5. The smallest absolute Gasteiger partial charge is 0.0982 e. The molecule has 0 fully saturated rings. The van der Waals surface area contributed by atoms with E-state index in [1.165, 1.54) is 10.6 Å². The predicted octanol–water partition coefficient (Wildman–Crippen LogP) is 2.95. The summed E-state index contributed by atoms with van der Waals surface area (Å²) in [5.74, 6) is 0. The van der Waals surface area contributed by atoms with Gasteiger partial charge < -0.3 is 0 Å². The Bertz CT molecular complexity index is 549. The Morgan fingerprint density at radius 1 is 1.00 bits per heavy atom. The fraction of sp³-hybridized carbons (Fsp3) is 0.500. The SMILES string of the molecule is CC1(C)C2=C(CN(c3ccccc3)OC2)C(C)(C)N1[O]. The van der Waals surface area contributed by atoms with Gasteiger partial charge in [-0.15, -0.1) is 10.3 Å². The summed E-state index contributed by atoms with van der Waals surface area (Å²) in [6.45, 7) is 9.09. The topological polar surface area (TPSA) is 35.6 Å². The molecule has 1 radical (unpaired) electrons. The lowest BCUT2D eigenvalue weighted by atomic mass is 9.90. The average molecular weight is 273 g/mol. The lowest BCUT2D eigenvalue weighted by molar-refractivity contribution is -0.240. The highest BCUT2D eigenvalue weighted by Crippen LogP contribution is 2.46. The summed E-state index contributed by atoms with van der Waals surface area (Å²) in [7, 11) is 0. The van der Waals surface area contributed by atoms with E-state index < -0.39 is 11.1 Å². The van der Waals surface area contributed by atoms with Gasteiger partial charge >= 0.3 is 0 Å². The maximum Gasteiger partial charge on any atom is 0.0982 e. The number of hydrogen-bond donors (Lipinski definition) is 0. The van der Waals surface area contributed by atoms with Crippen molar-refractivity contribution in [1.82, 2.24) is 5.06 Å². The average Bonchev–Trinajstić information content (AvgIpc) is 2.58.